The first-order valence-electron chi connectivity index (χ1n) is 7.44. The lowest BCUT2D eigenvalue weighted by atomic mass is 9.95. The zero-order valence-corrected chi connectivity index (χ0v) is 12.2. The lowest BCUT2D eigenvalue weighted by molar-refractivity contribution is -0.137. The standard InChI is InChI=1S/C14H21N5O2/c1-15-13(20)9-3-2-4-19(7-9)14(21)11-5-10-12(6-16-11)18-8-17-10/h8-9,11,16H,2-7H2,1H3,(H,15,20)(H,17,18). The third kappa shape index (κ3) is 2.78. The van der Waals surface area contributed by atoms with Gasteiger partial charge >= 0.3 is 0 Å². The minimum absolute atomic E-state index is 0.0266. The van der Waals surface area contributed by atoms with Gasteiger partial charge in [0.05, 0.1) is 29.7 Å². The van der Waals surface area contributed by atoms with Crippen LogP contribution in [0.2, 0.25) is 0 Å². The van der Waals surface area contributed by atoms with Crippen LogP contribution in [0.4, 0.5) is 0 Å². The van der Waals surface area contributed by atoms with Crippen LogP contribution in [-0.2, 0) is 22.6 Å². The normalized spacial score (nSPS) is 25.3. The summed E-state index contributed by atoms with van der Waals surface area (Å²) in [5.41, 5.74) is 2.02. The zero-order valence-electron chi connectivity index (χ0n) is 12.2. The summed E-state index contributed by atoms with van der Waals surface area (Å²) in [7, 11) is 1.64. The van der Waals surface area contributed by atoms with Crippen molar-refractivity contribution in [1.29, 1.82) is 0 Å². The number of hydrogen-bond acceptors (Lipinski definition) is 4. The van der Waals surface area contributed by atoms with Gasteiger partial charge in [-0.25, -0.2) is 4.98 Å². The number of nitrogens with one attached hydrogen (secondary N) is 3. The largest absolute Gasteiger partial charge is 0.359 e. The van der Waals surface area contributed by atoms with Crippen LogP contribution in [0.15, 0.2) is 6.33 Å². The number of carbonyl (C=O) groups excluding carboxylic acids is 2. The third-order valence-corrected chi connectivity index (χ3v) is 4.38. The number of nitrogens with zero attached hydrogens (tertiary/aromatic N) is 2. The first-order chi connectivity index (χ1) is 10.2. The molecule has 0 radical (unpaired) electrons. The Hall–Kier alpha value is -1.89. The Morgan fingerprint density at radius 2 is 2.33 bits per heavy atom. The van der Waals surface area contributed by atoms with Crippen molar-refractivity contribution in [1.82, 2.24) is 25.5 Å². The van der Waals surface area contributed by atoms with E-state index in [0.717, 1.165) is 30.8 Å². The quantitative estimate of drug-likeness (QED) is 0.679. The van der Waals surface area contributed by atoms with Gasteiger partial charge in [0.1, 0.15) is 0 Å². The molecule has 7 heteroatoms. The highest BCUT2D eigenvalue weighted by Crippen LogP contribution is 2.20. The van der Waals surface area contributed by atoms with E-state index in [1.165, 1.54) is 0 Å². The van der Waals surface area contributed by atoms with Crippen LogP contribution in [0, 0.1) is 5.92 Å². The lowest BCUT2D eigenvalue weighted by Crippen LogP contribution is -2.53. The molecule has 2 aliphatic heterocycles. The number of carbonyl (C=O) groups is 2. The summed E-state index contributed by atoms with van der Waals surface area (Å²) in [6.07, 6.45) is 4.01. The molecule has 1 aromatic heterocycles. The predicted octanol–water partition coefficient (Wildman–Crippen LogP) is -0.591. The molecule has 1 saturated heterocycles. The Morgan fingerprint density at radius 3 is 3.14 bits per heavy atom. The smallest absolute Gasteiger partial charge is 0.240 e. The van der Waals surface area contributed by atoms with Gasteiger partial charge in [0.25, 0.3) is 0 Å². The second-order valence-corrected chi connectivity index (χ2v) is 5.70. The van der Waals surface area contributed by atoms with E-state index in [-0.39, 0.29) is 23.8 Å². The van der Waals surface area contributed by atoms with Gasteiger partial charge in [-0.05, 0) is 12.8 Å². The molecule has 21 heavy (non-hydrogen) atoms. The molecule has 7 nitrogen and oxygen atoms in total. The fraction of sp³-hybridized carbons (Fsp3) is 0.643. The second-order valence-electron chi connectivity index (χ2n) is 5.70. The van der Waals surface area contributed by atoms with Gasteiger partial charge in [0, 0.05) is 33.1 Å². The molecule has 2 aliphatic rings. The number of likely N-dealkylation sites (tertiary alicyclic amines) is 1. The van der Waals surface area contributed by atoms with Crippen molar-refractivity contribution < 1.29 is 9.59 Å². The Bertz CT molecular complexity index is 541. The number of imidazole rings is 1. The average Bonchev–Trinajstić information content (AvgIpc) is 3.01. The van der Waals surface area contributed by atoms with Gasteiger partial charge in [-0.2, -0.15) is 0 Å². The van der Waals surface area contributed by atoms with Crippen LogP contribution in [0.1, 0.15) is 24.2 Å². The molecule has 1 aromatic rings. The molecule has 0 spiro atoms. The molecule has 0 saturated carbocycles. The van der Waals surface area contributed by atoms with E-state index in [0.29, 0.717) is 19.5 Å². The fourth-order valence-electron chi connectivity index (χ4n) is 3.16. The maximum atomic E-state index is 12.6. The van der Waals surface area contributed by atoms with Crippen LogP contribution >= 0.6 is 0 Å². The molecule has 1 fully saturated rings. The van der Waals surface area contributed by atoms with E-state index in [2.05, 4.69) is 20.6 Å². The van der Waals surface area contributed by atoms with E-state index in [9.17, 15) is 9.59 Å². The van der Waals surface area contributed by atoms with Gasteiger partial charge in [-0.15, -0.1) is 0 Å². The van der Waals surface area contributed by atoms with Crippen LogP contribution in [0.25, 0.3) is 0 Å². The molecular formula is C14H21N5O2. The number of rotatable bonds is 2. The zero-order chi connectivity index (χ0) is 14.8. The Balaban J connectivity index is 1.64. The summed E-state index contributed by atoms with van der Waals surface area (Å²) in [5.74, 6) is 0.0215. The predicted molar refractivity (Wildman–Crippen MR) is 76.3 cm³/mol. The Labute approximate surface area is 123 Å². The summed E-state index contributed by atoms with van der Waals surface area (Å²) in [6.45, 7) is 1.89. The SMILES string of the molecule is CNC(=O)C1CCCN(C(=O)C2Cc3nc[nH]c3CN2)C1. The fourth-order valence-corrected chi connectivity index (χ4v) is 3.16. The Kier molecular flexibility index (Phi) is 3.92. The second kappa shape index (κ2) is 5.85. The molecule has 2 atom stereocenters. The number of H-pyrrole nitrogens is 1. The molecule has 3 N–H and O–H groups in total. The molecule has 3 heterocycles. The molecule has 114 valence electrons. The summed E-state index contributed by atoms with van der Waals surface area (Å²) < 4.78 is 0. The summed E-state index contributed by atoms with van der Waals surface area (Å²) in [6, 6.07) is -0.232. The molecule has 2 unspecified atom stereocenters. The summed E-state index contributed by atoms with van der Waals surface area (Å²) in [5, 5.41) is 5.93. The maximum absolute atomic E-state index is 12.6. The van der Waals surface area contributed by atoms with Crippen molar-refractivity contribution >= 4 is 11.8 Å². The topological polar surface area (TPSA) is 90.1 Å². The highest BCUT2D eigenvalue weighted by molar-refractivity contribution is 5.84. The van der Waals surface area contributed by atoms with Gasteiger partial charge in [0.15, 0.2) is 0 Å². The Morgan fingerprint density at radius 1 is 1.48 bits per heavy atom. The molecule has 2 amide bonds. The van der Waals surface area contributed by atoms with Gasteiger partial charge in [0.2, 0.25) is 11.8 Å². The van der Waals surface area contributed by atoms with Crippen molar-refractivity contribution in [3.05, 3.63) is 17.7 Å². The molecule has 3 rings (SSSR count). The van der Waals surface area contributed by atoms with E-state index < -0.39 is 0 Å². The number of aromatic nitrogens is 2. The molecular weight excluding hydrogens is 270 g/mol. The highest BCUT2D eigenvalue weighted by Gasteiger charge is 2.33. The maximum Gasteiger partial charge on any atom is 0.240 e. The van der Waals surface area contributed by atoms with Gasteiger partial charge in [-0.1, -0.05) is 0 Å². The molecule has 0 aromatic carbocycles. The monoisotopic (exact) mass is 291 g/mol. The minimum atomic E-state index is -0.232. The first kappa shape index (κ1) is 14.1. The highest BCUT2D eigenvalue weighted by atomic mass is 16.2. The molecule has 0 aliphatic carbocycles. The van der Waals surface area contributed by atoms with Crippen molar-refractivity contribution in [3.8, 4) is 0 Å². The number of hydrogen-bond donors (Lipinski definition) is 3. The van der Waals surface area contributed by atoms with Gasteiger partial charge in [-0.3, -0.25) is 14.9 Å². The van der Waals surface area contributed by atoms with Crippen LogP contribution in [0.5, 0.6) is 0 Å². The lowest BCUT2D eigenvalue weighted by Gasteiger charge is -2.35. The van der Waals surface area contributed by atoms with Crippen molar-refractivity contribution in [3.63, 3.8) is 0 Å². The number of fused-ring (bicyclic) bond motifs is 1. The van der Waals surface area contributed by atoms with Crippen molar-refractivity contribution in [2.75, 3.05) is 20.1 Å². The third-order valence-electron chi connectivity index (χ3n) is 4.38. The van der Waals surface area contributed by atoms with E-state index >= 15 is 0 Å². The van der Waals surface area contributed by atoms with Crippen LogP contribution in [-0.4, -0.2) is 52.9 Å². The van der Waals surface area contributed by atoms with Crippen molar-refractivity contribution in [2.45, 2.75) is 31.8 Å². The van der Waals surface area contributed by atoms with E-state index in [1.54, 1.807) is 13.4 Å². The van der Waals surface area contributed by atoms with Crippen LogP contribution < -0.4 is 10.6 Å². The average molecular weight is 291 g/mol. The van der Waals surface area contributed by atoms with Gasteiger partial charge < -0.3 is 15.2 Å². The number of amides is 2. The number of piperidine rings is 1. The first-order valence-corrected chi connectivity index (χ1v) is 7.44. The minimum Gasteiger partial charge on any atom is -0.359 e. The summed E-state index contributed by atoms with van der Waals surface area (Å²) in [4.78, 5) is 33.5. The van der Waals surface area contributed by atoms with Crippen LogP contribution in [0.3, 0.4) is 0 Å². The molecule has 0 bridgehead atoms. The van der Waals surface area contributed by atoms with E-state index in [4.69, 9.17) is 0 Å². The van der Waals surface area contributed by atoms with E-state index in [1.807, 2.05) is 4.90 Å². The van der Waals surface area contributed by atoms with Crippen molar-refractivity contribution in [2.24, 2.45) is 5.92 Å². The summed E-state index contributed by atoms with van der Waals surface area (Å²) >= 11 is 0. The number of aromatic amines is 1.